The molecule has 3 aromatic rings. The largest absolute Gasteiger partial charge is 0.493 e. The van der Waals surface area contributed by atoms with Gasteiger partial charge < -0.3 is 14.8 Å². The van der Waals surface area contributed by atoms with Crippen LogP contribution in [0.5, 0.6) is 11.5 Å². The van der Waals surface area contributed by atoms with Gasteiger partial charge in [0.2, 0.25) is 0 Å². The van der Waals surface area contributed by atoms with Gasteiger partial charge in [-0.2, -0.15) is 5.10 Å². The summed E-state index contributed by atoms with van der Waals surface area (Å²) in [6.07, 6.45) is 5.90. The van der Waals surface area contributed by atoms with Gasteiger partial charge in [-0.15, -0.1) is 0 Å². The number of amides is 2. The van der Waals surface area contributed by atoms with Crippen LogP contribution in [-0.2, 0) is 0 Å². The molecule has 0 saturated carbocycles. The summed E-state index contributed by atoms with van der Waals surface area (Å²) < 4.78 is 11.0. The van der Waals surface area contributed by atoms with E-state index in [0.29, 0.717) is 35.9 Å². The van der Waals surface area contributed by atoms with Gasteiger partial charge in [-0.25, -0.2) is 9.99 Å². The van der Waals surface area contributed by atoms with Crippen LogP contribution >= 0.6 is 0 Å². The lowest BCUT2D eigenvalue weighted by Gasteiger charge is -2.24. The summed E-state index contributed by atoms with van der Waals surface area (Å²) in [5.41, 5.74) is 2.95. The zero-order valence-electron chi connectivity index (χ0n) is 19.0. The van der Waals surface area contributed by atoms with Crippen molar-refractivity contribution in [3.63, 3.8) is 0 Å². The number of methoxy groups -OCH3 is 1. The van der Waals surface area contributed by atoms with Crippen molar-refractivity contribution in [1.29, 1.82) is 0 Å². The molecule has 0 spiro atoms. The van der Waals surface area contributed by atoms with Crippen LogP contribution in [0, 0.1) is 0 Å². The molecule has 174 valence electrons. The van der Waals surface area contributed by atoms with Crippen molar-refractivity contribution in [3.05, 3.63) is 77.9 Å². The second-order valence-corrected chi connectivity index (χ2v) is 7.50. The molecule has 0 atom stereocenters. The van der Waals surface area contributed by atoms with E-state index < -0.39 is 0 Å². The minimum absolute atomic E-state index is 0.206. The third kappa shape index (κ3) is 5.20. The Morgan fingerprint density at radius 1 is 1.09 bits per heavy atom. The van der Waals surface area contributed by atoms with Crippen molar-refractivity contribution >= 4 is 23.2 Å². The zero-order valence-corrected chi connectivity index (χ0v) is 19.0. The summed E-state index contributed by atoms with van der Waals surface area (Å²) in [7, 11) is 1.60. The van der Waals surface area contributed by atoms with Crippen LogP contribution in [0.15, 0.2) is 66.2 Å². The van der Waals surface area contributed by atoms with Crippen LogP contribution in [0.1, 0.15) is 46.2 Å². The molecule has 9 heteroatoms. The Hall–Kier alpha value is -4.27. The number of nitrogens with one attached hydrogen (secondary N) is 1. The molecule has 0 saturated heterocycles. The lowest BCUT2D eigenvalue weighted by atomic mass is 10.0. The van der Waals surface area contributed by atoms with E-state index >= 15 is 0 Å². The van der Waals surface area contributed by atoms with Crippen molar-refractivity contribution in [2.24, 2.45) is 5.10 Å². The Balaban J connectivity index is 1.48. The molecule has 0 aliphatic carbocycles. The number of carbonyl (C=O) groups excluding carboxylic acids is 2. The Kier molecular flexibility index (Phi) is 7.12. The summed E-state index contributed by atoms with van der Waals surface area (Å²) >= 11 is 0. The summed E-state index contributed by atoms with van der Waals surface area (Å²) in [5, 5.41) is 8.84. The molecule has 9 nitrogen and oxygen atoms in total. The van der Waals surface area contributed by atoms with Crippen LogP contribution in [0.4, 0.5) is 5.69 Å². The highest BCUT2D eigenvalue weighted by atomic mass is 16.5. The Labute approximate surface area is 197 Å². The van der Waals surface area contributed by atoms with Crippen LogP contribution in [0.2, 0.25) is 0 Å². The smallest absolute Gasteiger partial charge is 0.275 e. The van der Waals surface area contributed by atoms with Gasteiger partial charge in [0.1, 0.15) is 5.69 Å². The summed E-state index contributed by atoms with van der Waals surface area (Å²) in [5.74, 6) is 0.722. The molecule has 1 aliphatic rings. The Morgan fingerprint density at radius 3 is 2.62 bits per heavy atom. The fourth-order valence-electron chi connectivity index (χ4n) is 3.57. The van der Waals surface area contributed by atoms with Crippen LogP contribution < -0.4 is 14.8 Å². The minimum Gasteiger partial charge on any atom is -0.493 e. The number of carbonyl (C=O) groups is 2. The number of rotatable bonds is 7. The first-order chi connectivity index (χ1) is 16.6. The number of hydrogen-bond acceptors (Lipinski definition) is 7. The Morgan fingerprint density at radius 2 is 1.91 bits per heavy atom. The van der Waals surface area contributed by atoms with E-state index in [1.807, 2.05) is 25.1 Å². The van der Waals surface area contributed by atoms with E-state index in [1.165, 1.54) is 23.6 Å². The van der Waals surface area contributed by atoms with Crippen LogP contribution in [0.3, 0.4) is 0 Å². The van der Waals surface area contributed by atoms with Gasteiger partial charge in [0.05, 0.1) is 25.6 Å². The quantitative estimate of drug-likeness (QED) is 0.576. The van der Waals surface area contributed by atoms with E-state index in [4.69, 9.17) is 9.47 Å². The molecule has 4 rings (SSSR count). The average molecular weight is 460 g/mol. The zero-order chi connectivity index (χ0) is 23.9. The Bertz CT molecular complexity index is 1200. The van der Waals surface area contributed by atoms with Gasteiger partial charge in [-0.3, -0.25) is 14.6 Å². The van der Waals surface area contributed by atoms with Crippen molar-refractivity contribution in [1.82, 2.24) is 15.0 Å². The number of benzene rings is 2. The van der Waals surface area contributed by atoms with Gasteiger partial charge >= 0.3 is 0 Å². The predicted molar refractivity (Wildman–Crippen MR) is 127 cm³/mol. The highest BCUT2D eigenvalue weighted by Gasteiger charge is 2.21. The number of nitrogens with zero attached hydrogens (tertiary/aromatic N) is 4. The highest BCUT2D eigenvalue weighted by Crippen LogP contribution is 2.29. The fraction of sp³-hybridized carbons (Fsp3) is 0.240. The first-order valence-electron chi connectivity index (χ1n) is 11.0. The first kappa shape index (κ1) is 22.9. The summed E-state index contributed by atoms with van der Waals surface area (Å²) in [6.45, 7) is 2.96. The molecule has 2 amide bonds. The molecule has 0 bridgehead atoms. The van der Waals surface area contributed by atoms with Gasteiger partial charge in [0.15, 0.2) is 11.5 Å². The average Bonchev–Trinajstić information content (AvgIpc) is 2.89. The van der Waals surface area contributed by atoms with Gasteiger partial charge in [0, 0.05) is 35.8 Å². The molecular formula is C25H25N5O4. The van der Waals surface area contributed by atoms with E-state index in [-0.39, 0.29) is 17.5 Å². The number of hydrogen-bond donors (Lipinski definition) is 1. The van der Waals surface area contributed by atoms with Gasteiger partial charge in [-0.05, 0) is 62.2 Å². The lowest BCUT2D eigenvalue weighted by Crippen LogP contribution is -2.32. The van der Waals surface area contributed by atoms with Crippen molar-refractivity contribution in [2.75, 3.05) is 25.6 Å². The van der Waals surface area contributed by atoms with E-state index in [1.54, 1.807) is 31.4 Å². The third-order valence-electron chi connectivity index (χ3n) is 5.24. The predicted octanol–water partition coefficient (Wildman–Crippen LogP) is 3.78. The number of ether oxygens (including phenoxy) is 2. The van der Waals surface area contributed by atoms with Gasteiger partial charge in [0.25, 0.3) is 11.8 Å². The fourth-order valence-corrected chi connectivity index (χ4v) is 3.57. The molecule has 0 unspecified atom stereocenters. The second-order valence-electron chi connectivity index (χ2n) is 7.50. The van der Waals surface area contributed by atoms with Crippen LogP contribution in [-0.4, -0.2) is 52.8 Å². The molecule has 1 N–H and O–H groups in total. The van der Waals surface area contributed by atoms with Crippen LogP contribution in [0.25, 0.3) is 0 Å². The second kappa shape index (κ2) is 10.6. The molecule has 1 aliphatic heterocycles. The van der Waals surface area contributed by atoms with Crippen molar-refractivity contribution in [3.8, 4) is 11.5 Å². The molecule has 0 fully saturated rings. The van der Waals surface area contributed by atoms with Crippen molar-refractivity contribution in [2.45, 2.75) is 19.8 Å². The molecule has 2 heterocycles. The van der Waals surface area contributed by atoms with E-state index in [2.05, 4.69) is 20.4 Å². The maximum atomic E-state index is 13.1. The van der Waals surface area contributed by atoms with E-state index in [9.17, 15) is 9.59 Å². The summed E-state index contributed by atoms with van der Waals surface area (Å²) in [4.78, 5) is 33.2. The standard InChI is InChI=1S/C25H25N5O4/c1-3-34-23-15-18(8-11-22(23)33-2)20-5-4-14-30(29-20)25(32)17-6-9-19(10-7-17)28-24(31)21-16-26-12-13-27-21/h6-13,15-16H,3-5,14H2,1-2H3,(H,28,31). The molecule has 0 radical (unpaired) electrons. The lowest BCUT2D eigenvalue weighted by molar-refractivity contribution is 0.0751. The number of hydrazone groups is 1. The maximum Gasteiger partial charge on any atom is 0.275 e. The normalized spacial score (nSPS) is 13.1. The van der Waals surface area contributed by atoms with Crippen molar-refractivity contribution < 1.29 is 19.1 Å². The highest BCUT2D eigenvalue weighted by molar-refractivity contribution is 6.04. The monoisotopic (exact) mass is 459 g/mol. The molecular weight excluding hydrogens is 434 g/mol. The SMILES string of the molecule is CCOc1cc(C2=NN(C(=O)c3ccc(NC(=O)c4cnccn4)cc3)CCC2)ccc1OC. The molecule has 34 heavy (non-hydrogen) atoms. The van der Waals surface area contributed by atoms with Gasteiger partial charge in [-0.1, -0.05) is 0 Å². The molecule has 2 aromatic carbocycles. The molecule has 1 aromatic heterocycles. The minimum atomic E-state index is -0.372. The third-order valence-corrected chi connectivity index (χ3v) is 5.24. The number of aromatic nitrogens is 2. The maximum absolute atomic E-state index is 13.1. The first-order valence-corrected chi connectivity index (χ1v) is 11.0. The topological polar surface area (TPSA) is 106 Å². The summed E-state index contributed by atoms with van der Waals surface area (Å²) in [6, 6.07) is 12.3. The number of anilines is 1. The van der Waals surface area contributed by atoms with E-state index in [0.717, 1.165) is 24.1 Å².